The molecule has 7 nitrogen and oxygen atoms in total. The number of benzene rings is 1. The van der Waals surface area contributed by atoms with Crippen molar-refractivity contribution >= 4 is 23.3 Å². The molecule has 1 aliphatic rings. The predicted octanol–water partition coefficient (Wildman–Crippen LogP) is 8.12. The van der Waals surface area contributed by atoms with Gasteiger partial charge in [0, 0.05) is 46.7 Å². The maximum Gasteiger partial charge on any atom is 0.337 e. The van der Waals surface area contributed by atoms with Gasteiger partial charge in [-0.3, -0.25) is 9.97 Å². The molecule has 4 rings (SSSR count). The van der Waals surface area contributed by atoms with E-state index in [1.54, 1.807) is 12.4 Å². The Labute approximate surface area is 248 Å². The molecule has 0 unspecified atom stereocenters. The molecule has 3 heterocycles. The van der Waals surface area contributed by atoms with Crippen LogP contribution in [0, 0.1) is 19.3 Å². The summed E-state index contributed by atoms with van der Waals surface area (Å²) in [6.45, 7) is 17.6. The number of rotatable bonds is 8. The van der Waals surface area contributed by atoms with Crippen LogP contribution in [0.5, 0.6) is 5.75 Å². The molecule has 1 N–H and O–H groups in total. The third-order valence-electron chi connectivity index (χ3n) is 7.68. The van der Waals surface area contributed by atoms with Crippen LogP contribution in [0.15, 0.2) is 42.7 Å². The largest absolute Gasteiger partial charge is 0.484 e. The van der Waals surface area contributed by atoms with Crippen LogP contribution in [0.25, 0.3) is 11.3 Å². The van der Waals surface area contributed by atoms with Crippen LogP contribution in [-0.2, 0) is 9.53 Å². The van der Waals surface area contributed by atoms with Crippen LogP contribution in [0.3, 0.4) is 0 Å². The highest BCUT2D eigenvalue weighted by Gasteiger charge is 2.36. The molecule has 0 aliphatic carbocycles. The third-order valence-corrected chi connectivity index (χ3v) is 8.01. The van der Waals surface area contributed by atoms with Crippen LogP contribution >= 0.6 is 11.6 Å². The number of halogens is 1. The van der Waals surface area contributed by atoms with Gasteiger partial charge in [0.05, 0.1) is 23.2 Å². The Morgan fingerprint density at radius 3 is 2.29 bits per heavy atom. The normalized spacial score (nSPS) is 16.8. The number of nitrogens with zero attached hydrogens (tertiary/aromatic N) is 3. The van der Waals surface area contributed by atoms with Crippen LogP contribution in [-0.4, -0.2) is 39.7 Å². The molecule has 8 heteroatoms. The minimum Gasteiger partial charge on any atom is -0.484 e. The number of hydrogen-bond donors (Lipinski definition) is 1. The first-order chi connectivity index (χ1) is 19.2. The number of aromatic nitrogens is 2. The number of carboxylic acid groups (broad SMARTS) is 1. The lowest BCUT2D eigenvalue weighted by atomic mass is 9.82. The number of pyridine rings is 2. The number of hydrogen-bond acceptors (Lipinski definition) is 6. The van der Waals surface area contributed by atoms with Gasteiger partial charge in [0.2, 0.25) is 0 Å². The molecule has 0 amide bonds. The van der Waals surface area contributed by atoms with E-state index in [1.807, 2.05) is 71.9 Å². The summed E-state index contributed by atoms with van der Waals surface area (Å²) in [5, 5.41) is 11.0. The van der Waals surface area contributed by atoms with Crippen molar-refractivity contribution in [3.05, 3.63) is 70.1 Å². The molecule has 1 saturated heterocycles. The van der Waals surface area contributed by atoms with E-state index in [2.05, 4.69) is 23.7 Å². The fourth-order valence-corrected chi connectivity index (χ4v) is 5.78. The number of carbonyl (C=O) groups is 1. The number of ether oxygens (including phenoxy) is 2. The summed E-state index contributed by atoms with van der Waals surface area (Å²) in [5.74, 6) is -0.428. The quantitative estimate of drug-likeness (QED) is 0.288. The molecule has 2 aromatic heterocycles. The second-order valence-electron chi connectivity index (χ2n) is 12.7. The van der Waals surface area contributed by atoms with Gasteiger partial charge in [0.25, 0.3) is 0 Å². The average Bonchev–Trinajstić information content (AvgIpc) is 2.87. The highest BCUT2D eigenvalue weighted by atomic mass is 35.5. The Morgan fingerprint density at radius 1 is 1.05 bits per heavy atom. The molecule has 0 radical (unpaired) electrons. The summed E-state index contributed by atoms with van der Waals surface area (Å²) in [7, 11) is 0. The van der Waals surface area contributed by atoms with Crippen molar-refractivity contribution in [2.75, 3.05) is 18.0 Å². The maximum atomic E-state index is 12.6. The molecule has 1 aliphatic heterocycles. The molecule has 220 valence electrons. The van der Waals surface area contributed by atoms with Crippen molar-refractivity contribution in [1.29, 1.82) is 0 Å². The van der Waals surface area contributed by atoms with E-state index < -0.39 is 17.7 Å². The zero-order chi connectivity index (χ0) is 30.1. The fourth-order valence-electron chi connectivity index (χ4n) is 5.40. The average molecular weight is 580 g/mol. The fraction of sp³-hybridized carbons (Fsp3) is 0.485. The van der Waals surface area contributed by atoms with Crippen LogP contribution in [0.1, 0.15) is 89.0 Å². The highest BCUT2D eigenvalue weighted by Crippen LogP contribution is 2.43. The Balaban J connectivity index is 1.76. The summed E-state index contributed by atoms with van der Waals surface area (Å²) >= 11 is 6.46. The Kier molecular flexibility index (Phi) is 9.00. The van der Waals surface area contributed by atoms with Gasteiger partial charge in [-0.1, -0.05) is 37.6 Å². The molecular formula is C33H42ClN3O4. The van der Waals surface area contributed by atoms with Gasteiger partial charge in [-0.2, -0.15) is 0 Å². The lowest BCUT2D eigenvalue weighted by molar-refractivity contribution is -0.160. The second kappa shape index (κ2) is 12.0. The van der Waals surface area contributed by atoms with E-state index in [4.69, 9.17) is 26.1 Å². The first-order valence-electron chi connectivity index (χ1n) is 14.2. The number of aryl methyl sites for hydroxylation is 2. The Morgan fingerprint density at radius 2 is 1.73 bits per heavy atom. The van der Waals surface area contributed by atoms with E-state index >= 15 is 0 Å². The minimum absolute atomic E-state index is 0.223. The van der Waals surface area contributed by atoms with E-state index in [1.165, 1.54) is 0 Å². The van der Waals surface area contributed by atoms with Crippen molar-refractivity contribution in [2.45, 2.75) is 86.0 Å². The van der Waals surface area contributed by atoms with Gasteiger partial charge < -0.3 is 19.5 Å². The topological polar surface area (TPSA) is 84.8 Å². The monoisotopic (exact) mass is 579 g/mol. The number of aliphatic carboxylic acids is 1. The van der Waals surface area contributed by atoms with Crippen LogP contribution in [0.2, 0.25) is 5.02 Å². The van der Waals surface area contributed by atoms with E-state index in [0.717, 1.165) is 48.3 Å². The Hall–Kier alpha value is -3.16. The lowest BCUT2D eigenvalue weighted by Crippen LogP contribution is -2.39. The SMILES string of the molecule is Cc1cccc(Cl)c1[C@@H](C)Oc1ccc(-c2cnc(C)c([C@H](OC(C)(C)C)C(=O)O)c2N2CCC(C)(C)CC2)nc1. The first-order valence-corrected chi connectivity index (χ1v) is 14.6. The van der Waals surface area contributed by atoms with Gasteiger partial charge in [-0.25, -0.2) is 4.79 Å². The van der Waals surface area contributed by atoms with E-state index in [0.29, 0.717) is 27.7 Å². The molecule has 3 aromatic rings. The van der Waals surface area contributed by atoms with Crippen molar-refractivity contribution in [1.82, 2.24) is 9.97 Å². The molecule has 41 heavy (non-hydrogen) atoms. The van der Waals surface area contributed by atoms with E-state index in [-0.39, 0.29) is 11.5 Å². The van der Waals surface area contributed by atoms with Crippen molar-refractivity contribution in [3.8, 4) is 17.0 Å². The molecule has 1 aromatic carbocycles. The standard InChI is InChI=1S/C33H42ClN3O4/c1-20-10-9-11-25(34)27(20)22(3)40-23-12-13-26(36-18-23)24-19-35-21(2)28(30(31(38)39)41-32(4,5)6)29(24)37-16-14-33(7,8)15-17-37/h9-13,18-19,22,30H,14-17H2,1-8H3,(H,38,39)/t22-,30+/m1/s1. The third kappa shape index (κ3) is 7.19. The molecule has 0 spiro atoms. The highest BCUT2D eigenvalue weighted by molar-refractivity contribution is 6.31. The van der Waals surface area contributed by atoms with Gasteiger partial charge in [-0.05, 0) is 83.6 Å². The zero-order valence-corrected chi connectivity index (χ0v) is 26.2. The zero-order valence-electron chi connectivity index (χ0n) is 25.4. The number of anilines is 1. The van der Waals surface area contributed by atoms with Crippen LogP contribution in [0.4, 0.5) is 5.69 Å². The second-order valence-corrected chi connectivity index (χ2v) is 13.1. The van der Waals surface area contributed by atoms with Gasteiger partial charge in [0.1, 0.15) is 11.9 Å². The first kappa shape index (κ1) is 30.8. The summed E-state index contributed by atoms with van der Waals surface area (Å²) in [6, 6.07) is 9.59. The van der Waals surface area contributed by atoms with Gasteiger partial charge in [0.15, 0.2) is 6.10 Å². The summed E-state index contributed by atoms with van der Waals surface area (Å²) in [5.41, 5.74) is 5.06. The maximum absolute atomic E-state index is 12.6. The predicted molar refractivity (Wildman–Crippen MR) is 164 cm³/mol. The molecule has 2 atom stereocenters. The smallest absolute Gasteiger partial charge is 0.337 e. The van der Waals surface area contributed by atoms with Gasteiger partial charge >= 0.3 is 5.97 Å². The van der Waals surface area contributed by atoms with Crippen LogP contribution < -0.4 is 9.64 Å². The van der Waals surface area contributed by atoms with Crippen molar-refractivity contribution in [2.24, 2.45) is 5.41 Å². The Bertz CT molecular complexity index is 1370. The lowest BCUT2D eigenvalue weighted by Gasteiger charge is -2.40. The number of carboxylic acids is 1. The summed E-state index contributed by atoms with van der Waals surface area (Å²) in [6.07, 6.45) is 4.04. The number of piperidine rings is 1. The molecule has 0 saturated carbocycles. The van der Waals surface area contributed by atoms with Crippen molar-refractivity contribution in [3.63, 3.8) is 0 Å². The molecule has 1 fully saturated rings. The van der Waals surface area contributed by atoms with Gasteiger partial charge in [-0.15, -0.1) is 0 Å². The summed E-state index contributed by atoms with van der Waals surface area (Å²) in [4.78, 5) is 24.3. The molecular weight excluding hydrogens is 538 g/mol. The van der Waals surface area contributed by atoms with Crippen molar-refractivity contribution < 1.29 is 19.4 Å². The minimum atomic E-state index is -1.17. The summed E-state index contributed by atoms with van der Waals surface area (Å²) < 4.78 is 12.4. The molecule has 0 bridgehead atoms. The van der Waals surface area contributed by atoms with E-state index in [9.17, 15) is 9.90 Å².